The first-order valence-corrected chi connectivity index (χ1v) is 42.0. The summed E-state index contributed by atoms with van der Waals surface area (Å²) in [5.74, 6) is -0.569. The average Bonchev–Trinajstić information content (AvgIpc) is 1.99. The molecule has 0 saturated heterocycles. The standard InChI is InChI=1S/C75H146O17P2/c1-7-9-11-13-15-17-19-22-27-35-41-47-53-59-74(79)91-70(63-85-72(77)57-51-45-39-33-26-20-18-16-14-12-10-8-2)65-89-93(81,82)87-61-69(76)62-88-94(83,84)90-66-71(64-86-73(78)58-52-46-40-34-30-29-32-38-44-50-56-68(5)6)92-75(80)60-54-48-42-36-28-24-21-23-25-31-37-43-49-55-67(3)4/h67-71,76H,7-66H2,1-6H3,(H,81,82)(H,83,84)/t69-,70+,71+/m0/s1. The van der Waals surface area contributed by atoms with Gasteiger partial charge >= 0.3 is 39.5 Å². The SMILES string of the molecule is CCCCCCCCCCCCCCCC(=O)O[C@H](COC(=O)CCCCCCCCCCCCCC)COP(=O)(O)OC[C@H](O)COP(=O)(O)OC[C@@H](COC(=O)CCCCCCCCCCCCC(C)C)OC(=O)CCCCCCCCCCCCCCCC(C)C. The zero-order valence-corrected chi connectivity index (χ0v) is 63.1. The molecular formula is C75H146O17P2. The molecule has 0 bridgehead atoms. The maximum absolute atomic E-state index is 13.1. The molecule has 0 radical (unpaired) electrons. The number of aliphatic hydroxyl groups excluding tert-OH is 1. The Morgan fingerprint density at radius 1 is 0.287 bits per heavy atom. The van der Waals surface area contributed by atoms with Gasteiger partial charge in [0.25, 0.3) is 0 Å². The van der Waals surface area contributed by atoms with Crippen LogP contribution >= 0.6 is 15.6 Å². The van der Waals surface area contributed by atoms with E-state index in [1.54, 1.807) is 0 Å². The van der Waals surface area contributed by atoms with Crippen molar-refractivity contribution < 1.29 is 80.2 Å². The van der Waals surface area contributed by atoms with Gasteiger partial charge in [-0.15, -0.1) is 0 Å². The summed E-state index contributed by atoms with van der Waals surface area (Å²) >= 11 is 0. The van der Waals surface area contributed by atoms with E-state index in [1.165, 1.54) is 205 Å². The Hall–Kier alpha value is -1.94. The van der Waals surface area contributed by atoms with Crippen molar-refractivity contribution in [3.63, 3.8) is 0 Å². The Morgan fingerprint density at radius 3 is 0.723 bits per heavy atom. The second kappa shape index (κ2) is 66.9. The second-order valence-corrected chi connectivity index (χ2v) is 30.9. The van der Waals surface area contributed by atoms with E-state index >= 15 is 0 Å². The normalized spacial score (nSPS) is 14.0. The zero-order chi connectivity index (χ0) is 69.3. The topological polar surface area (TPSA) is 237 Å². The highest BCUT2D eigenvalue weighted by molar-refractivity contribution is 7.47. The maximum Gasteiger partial charge on any atom is 0.472 e. The summed E-state index contributed by atoms with van der Waals surface area (Å²) in [6, 6.07) is 0. The largest absolute Gasteiger partial charge is 0.472 e. The molecule has 5 atom stereocenters. The van der Waals surface area contributed by atoms with Gasteiger partial charge in [0.2, 0.25) is 0 Å². The van der Waals surface area contributed by atoms with E-state index in [-0.39, 0.29) is 25.7 Å². The number of esters is 4. The number of ether oxygens (including phenoxy) is 4. The number of phosphoric acid groups is 2. The fraction of sp³-hybridized carbons (Fsp3) is 0.947. The van der Waals surface area contributed by atoms with Crippen LogP contribution in [0.3, 0.4) is 0 Å². The van der Waals surface area contributed by atoms with Gasteiger partial charge in [-0.2, -0.15) is 0 Å². The predicted octanol–water partition coefficient (Wildman–Crippen LogP) is 21.9. The van der Waals surface area contributed by atoms with Crippen molar-refractivity contribution in [1.82, 2.24) is 0 Å². The van der Waals surface area contributed by atoms with E-state index < -0.39 is 97.5 Å². The first kappa shape index (κ1) is 92.1. The summed E-state index contributed by atoms with van der Waals surface area (Å²) in [6.45, 7) is 9.61. The van der Waals surface area contributed by atoms with Crippen LogP contribution in [-0.2, 0) is 65.4 Å². The highest BCUT2D eigenvalue weighted by atomic mass is 31.2. The second-order valence-electron chi connectivity index (χ2n) is 28.0. The lowest BCUT2D eigenvalue weighted by Gasteiger charge is -2.21. The van der Waals surface area contributed by atoms with Gasteiger partial charge in [-0.25, -0.2) is 9.13 Å². The van der Waals surface area contributed by atoms with Gasteiger partial charge in [0.05, 0.1) is 26.4 Å². The average molecular weight is 1380 g/mol. The molecule has 0 heterocycles. The van der Waals surface area contributed by atoms with Crippen molar-refractivity contribution >= 4 is 39.5 Å². The number of hydrogen-bond acceptors (Lipinski definition) is 15. The Kier molecular flexibility index (Phi) is 65.5. The van der Waals surface area contributed by atoms with E-state index in [1.807, 2.05) is 0 Å². The third kappa shape index (κ3) is 68.6. The number of phosphoric ester groups is 2. The van der Waals surface area contributed by atoms with E-state index in [2.05, 4.69) is 41.5 Å². The number of rotatable bonds is 74. The molecule has 0 aliphatic carbocycles. The van der Waals surface area contributed by atoms with Crippen molar-refractivity contribution in [3.8, 4) is 0 Å². The molecule has 558 valence electrons. The molecule has 0 aliphatic heterocycles. The highest BCUT2D eigenvalue weighted by Gasteiger charge is 2.30. The molecule has 0 aromatic carbocycles. The first-order chi connectivity index (χ1) is 45.4. The van der Waals surface area contributed by atoms with Crippen LogP contribution in [-0.4, -0.2) is 96.7 Å². The molecule has 0 aromatic rings. The minimum absolute atomic E-state index is 0.107. The van der Waals surface area contributed by atoms with Gasteiger partial charge in [0, 0.05) is 25.7 Å². The van der Waals surface area contributed by atoms with Crippen LogP contribution in [0, 0.1) is 11.8 Å². The summed E-state index contributed by atoms with van der Waals surface area (Å²) < 4.78 is 68.5. The number of hydrogen-bond donors (Lipinski definition) is 3. The molecule has 3 N–H and O–H groups in total. The van der Waals surface area contributed by atoms with Gasteiger partial charge in [0.1, 0.15) is 19.3 Å². The van der Waals surface area contributed by atoms with E-state index in [0.717, 1.165) is 102 Å². The Morgan fingerprint density at radius 2 is 0.489 bits per heavy atom. The smallest absolute Gasteiger partial charge is 0.462 e. The van der Waals surface area contributed by atoms with Gasteiger partial charge in [0.15, 0.2) is 12.2 Å². The van der Waals surface area contributed by atoms with Gasteiger partial charge in [-0.05, 0) is 37.5 Å². The van der Waals surface area contributed by atoms with Gasteiger partial charge in [-0.1, -0.05) is 337 Å². The number of unbranched alkanes of at least 4 members (excludes halogenated alkanes) is 44. The minimum atomic E-state index is -4.96. The molecule has 0 rings (SSSR count). The quantitative estimate of drug-likeness (QED) is 0.0222. The molecule has 17 nitrogen and oxygen atoms in total. The number of carbonyl (C=O) groups excluding carboxylic acids is 4. The first-order valence-electron chi connectivity index (χ1n) is 39.0. The van der Waals surface area contributed by atoms with Crippen molar-refractivity contribution in [2.75, 3.05) is 39.6 Å². The third-order valence-electron chi connectivity index (χ3n) is 17.5. The summed E-state index contributed by atoms with van der Waals surface area (Å²) in [7, 11) is -9.91. The van der Waals surface area contributed by atoms with Crippen LogP contribution in [0.15, 0.2) is 0 Å². The van der Waals surface area contributed by atoms with Crippen LogP contribution in [0.5, 0.6) is 0 Å². The van der Waals surface area contributed by atoms with Gasteiger partial charge < -0.3 is 33.8 Å². The van der Waals surface area contributed by atoms with E-state index in [0.29, 0.717) is 25.7 Å². The molecule has 19 heteroatoms. The van der Waals surface area contributed by atoms with Crippen molar-refractivity contribution in [2.24, 2.45) is 11.8 Å². The van der Waals surface area contributed by atoms with Gasteiger partial charge in [-0.3, -0.25) is 37.3 Å². The summed E-state index contributed by atoms with van der Waals surface area (Å²) in [4.78, 5) is 72.8. The molecule has 0 fully saturated rings. The Labute approximate surface area is 575 Å². The highest BCUT2D eigenvalue weighted by Crippen LogP contribution is 2.45. The molecule has 0 amide bonds. The molecule has 0 saturated carbocycles. The molecule has 2 unspecified atom stereocenters. The fourth-order valence-corrected chi connectivity index (χ4v) is 13.1. The van der Waals surface area contributed by atoms with Crippen LogP contribution < -0.4 is 0 Å². The van der Waals surface area contributed by atoms with E-state index in [9.17, 15) is 43.2 Å². The number of aliphatic hydroxyl groups is 1. The molecule has 0 spiro atoms. The van der Waals surface area contributed by atoms with Crippen molar-refractivity contribution in [3.05, 3.63) is 0 Å². The Balaban J connectivity index is 5.26. The Bertz CT molecular complexity index is 1820. The van der Waals surface area contributed by atoms with Crippen LogP contribution in [0.4, 0.5) is 0 Å². The zero-order valence-electron chi connectivity index (χ0n) is 61.3. The summed E-state index contributed by atoms with van der Waals surface area (Å²) in [5.41, 5.74) is 0. The third-order valence-corrected chi connectivity index (χ3v) is 19.4. The minimum Gasteiger partial charge on any atom is -0.462 e. The lowest BCUT2D eigenvalue weighted by molar-refractivity contribution is -0.161. The summed E-state index contributed by atoms with van der Waals surface area (Å²) in [6.07, 6.45) is 53.9. The lowest BCUT2D eigenvalue weighted by Crippen LogP contribution is -2.30. The van der Waals surface area contributed by atoms with Crippen molar-refractivity contribution in [2.45, 2.75) is 407 Å². The van der Waals surface area contributed by atoms with Crippen LogP contribution in [0.25, 0.3) is 0 Å². The molecule has 94 heavy (non-hydrogen) atoms. The molecule has 0 aromatic heterocycles. The lowest BCUT2D eigenvalue weighted by atomic mass is 10.0. The molecule has 0 aliphatic rings. The molecular weight excluding hydrogens is 1230 g/mol. The van der Waals surface area contributed by atoms with Crippen molar-refractivity contribution in [1.29, 1.82) is 0 Å². The van der Waals surface area contributed by atoms with Crippen LogP contribution in [0.2, 0.25) is 0 Å². The summed E-state index contributed by atoms with van der Waals surface area (Å²) in [5, 5.41) is 10.6. The monoisotopic (exact) mass is 1380 g/mol. The van der Waals surface area contributed by atoms with Crippen LogP contribution in [0.1, 0.15) is 388 Å². The van der Waals surface area contributed by atoms with E-state index in [4.69, 9.17) is 37.0 Å². The fourth-order valence-electron chi connectivity index (χ4n) is 11.5. The maximum atomic E-state index is 13.1. The number of carbonyl (C=O) groups is 4. The predicted molar refractivity (Wildman–Crippen MR) is 381 cm³/mol.